The van der Waals surface area contributed by atoms with Gasteiger partial charge in [-0.1, -0.05) is 0 Å². The maximum Gasteiger partial charge on any atom is 0.231 e. The van der Waals surface area contributed by atoms with Crippen molar-refractivity contribution < 1.29 is 4.79 Å². The number of hydrogen-bond donors (Lipinski definition) is 1. The first kappa shape index (κ1) is 11.1. The van der Waals surface area contributed by atoms with Gasteiger partial charge in [0.05, 0.1) is 5.92 Å². The van der Waals surface area contributed by atoms with Gasteiger partial charge in [0.25, 0.3) is 0 Å². The molecule has 1 saturated heterocycles. The zero-order valence-electron chi connectivity index (χ0n) is 9.52. The number of aromatic nitrogens is 1. The van der Waals surface area contributed by atoms with Crippen LogP contribution in [0.5, 0.6) is 0 Å². The maximum atomic E-state index is 12.2. The van der Waals surface area contributed by atoms with Gasteiger partial charge < -0.3 is 10.2 Å². The van der Waals surface area contributed by atoms with Crippen LogP contribution in [0, 0.1) is 5.92 Å². The summed E-state index contributed by atoms with van der Waals surface area (Å²) >= 11 is 0. The van der Waals surface area contributed by atoms with Crippen molar-refractivity contribution in [2.45, 2.75) is 12.8 Å². The normalized spacial score (nSPS) is 20.4. The van der Waals surface area contributed by atoms with Gasteiger partial charge in [0.15, 0.2) is 0 Å². The number of piperidine rings is 1. The first-order valence-corrected chi connectivity index (χ1v) is 5.67. The van der Waals surface area contributed by atoms with Crippen molar-refractivity contribution in [3.05, 3.63) is 24.5 Å². The van der Waals surface area contributed by atoms with Crippen LogP contribution in [0.3, 0.4) is 0 Å². The van der Waals surface area contributed by atoms with Crippen LogP contribution in [0.15, 0.2) is 24.5 Å². The van der Waals surface area contributed by atoms with Crippen molar-refractivity contribution in [2.24, 2.45) is 5.92 Å². The molecular weight excluding hydrogens is 202 g/mol. The Labute approximate surface area is 95.7 Å². The zero-order chi connectivity index (χ0) is 11.4. The quantitative estimate of drug-likeness (QED) is 0.808. The van der Waals surface area contributed by atoms with E-state index in [1.807, 2.05) is 19.2 Å². The fraction of sp³-hybridized carbons (Fsp3) is 0.500. The van der Waals surface area contributed by atoms with Gasteiger partial charge in [-0.25, -0.2) is 0 Å². The van der Waals surface area contributed by atoms with Gasteiger partial charge in [-0.2, -0.15) is 0 Å². The highest BCUT2D eigenvalue weighted by Gasteiger charge is 2.24. The van der Waals surface area contributed by atoms with Crippen LogP contribution in [0.4, 0.5) is 5.69 Å². The van der Waals surface area contributed by atoms with E-state index in [0.29, 0.717) is 0 Å². The Balaban J connectivity index is 2.04. The van der Waals surface area contributed by atoms with Crippen LogP contribution in [0.2, 0.25) is 0 Å². The summed E-state index contributed by atoms with van der Waals surface area (Å²) in [5.41, 5.74) is 0.908. The minimum atomic E-state index is 0.118. The molecule has 2 heterocycles. The van der Waals surface area contributed by atoms with E-state index in [2.05, 4.69) is 10.3 Å². The number of nitrogens with zero attached hydrogens (tertiary/aromatic N) is 2. The van der Waals surface area contributed by atoms with Gasteiger partial charge in [0, 0.05) is 31.7 Å². The standard InChI is InChI=1S/C12H17N3O/c1-15(11-4-7-13-8-5-11)12(16)10-3-2-6-14-9-10/h4-5,7-8,10,14H,2-3,6,9H2,1H3/t10-/m1/s1. The summed E-state index contributed by atoms with van der Waals surface area (Å²) in [6, 6.07) is 3.71. The number of pyridine rings is 1. The number of amides is 1. The largest absolute Gasteiger partial charge is 0.316 e. The average molecular weight is 219 g/mol. The molecule has 0 unspecified atom stereocenters. The lowest BCUT2D eigenvalue weighted by atomic mass is 9.98. The molecule has 2 rings (SSSR count). The highest BCUT2D eigenvalue weighted by atomic mass is 16.2. The van der Waals surface area contributed by atoms with Crippen molar-refractivity contribution in [3.63, 3.8) is 0 Å². The lowest BCUT2D eigenvalue weighted by molar-refractivity contribution is -0.122. The second-order valence-corrected chi connectivity index (χ2v) is 4.15. The lowest BCUT2D eigenvalue weighted by Crippen LogP contribution is -2.41. The van der Waals surface area contributed by atoms with E-state index in [-0.39, 0.29) is 11.8 Å². The minimum absolute atomic E-state index is 0.118. The van der Waals surface area contributed by atoms with E-state index in [9.17, 15) is 4.79 Å². The first-order valence-electron chi connectivity index (χ1n) is 5.67. The summed E-state index contributed by atoms with van der Waals surface area (Å²) in [5, 5.41) is 3.26. The SMILES string of the molecule is CN(C(=O)[C@@H]1CCCNC1)c1ccncc1. The van der Waals surface area contributed by atoms with Gasteiger partial charge >= 0.3 is 0 Å². The highest BCUT2D eigenvalue weighted by Crippen LogP contribution is 2.17. The summed E-state index contributed by atoms with van der Waals surface area (Å²) in [7, 11) is 1.83. The van der Waals surface area contributed by atoms with Crippen molar-refractivity contribution in [2.75, 3.05) is 25.0 Å². The van der Waals surface area contributed by atoms with E-state index in [0.717, 1.165) is 31.6 Å². The Kier molecular flexibility index (Phi) is 3.51. The molecule has 1 amide bonds. The fourth-order valence-electron chi connectivity index (χ4n) is 2.03. The van der Waals surface area contributed by atoms with Crippen molar-refractivity contribution in [1.29, 1.82) is 0 Å². The van der Waals surface area contributed by atoms with Crippen LogP contribution in [-0.4, -0.2) is 31.0 Å². The maximum absolute atomic E-state index is 12.2. The number of rotatable bonds is 2. The van der Waals surface area contributed by atoms with E-state index in [1.54, 1.807) is 17.3 Å². The van der Waals surface area contributed by atoms with E-state index in [4.69, 9.17) is 0 Å². The predicted octanol–water partition coefficient (Wildman–Crippen LogP) is 1.04. The van der Waals surface area contributed by atoms with Crippen LogP contribution in [-0.2, 0) is 4.79 Å². The molecule has 1 fully saturated rings. The Morgan fingerprint density at radius 2 is 2.25 bits per heavy atom. The molecule has 1 aliphatic heterocycles. The van der Waals surface area contributed by atoms with Gasteiger partial charge in [0.2, 0.25) is 5.91 Å². The minimum Gasteiger partial charge on any atom is -0.316 e. The van der Waals surface area contributed by atoms with Gasteiger partial charge in [-0.3, -0.25) is 9.78 Å². The van der Waals surface area contributed by atoms with E-state index < -0.39 is 0 Å². The summed E-state index contributed by atoms with van der Waals surface area (Å²) in [6.07, 6.45) is 5.48. The third-order valence-electron chi connectivity index (χ3n) is 3.03. The van der Waals surface area contributed by atoms with Gasteiger partial charge in [-0.05, 0) is 31.5 Å². The smallest absolute Gasteiger partial charge is 0.231 e. The molecule has 86 valence electrons. The number of carbonyl (C=O) groups excluding carboxylic acids is 1. The van der Waals surface area contributed by atoms with E-state index >= 15 is 0 Å². The third kappa shape index (κ3) is 2.39. The summed E-state index contributed by atoms with van der Waals surface area (Å²) < 4.78 is 0. The summed E-state index contributed by atoms with van der Waals surface area (Å²) in [4.78, 5) is 17.8. The molecule has 1 N–H and O–H groups in total. The molecule has 0 aromatic carbocycles. The monoisotopic (exact) mass is 219 g/mol. The Bertz CT molecular complexity index is 347. The molecular formula is C12H17N3O. The first-order chi connectivity index (χ1) is 7.79. The lowest BCUT2D eigenvalue weighted by Gasteiger charge is -2.26. The third-order valence-corrected chi connectivity index (χ3v) is 3.03. The van der Waals surface area contributed by atoms with Crippen LogP contribution in [0.25, 0.3) is 0 Å². The summed E-state index contributed by atoms with van der Waals surface area (Å²) in [6.45, 7) is 1.83. The van der Waals surface area contributed by atoms with Gasteiger partial charge in [0.1, 0.15) is 0 Å². The Hall–Kier alpha value is -1.42. The molecule has 16 heavy (non-hydrogen) atoms. The average Bonchev–Trinajstić information content (AvgIpc) is 2.39. The zero-order valence-corrected chi connectivity index (χ0v) is 9.52. The van der Waals surface area contributed by atoms with Crippen LogP contribution in [0.1, 0.15) is 12.8 Å². The Morgan fingerprint density at radius 3 is 2.88 bits per heavy atom. The van der Waals surface area contributed by atoms with Crippen molar-refractivity contribution >= 4 is 11.6 Å². The molecule has 0 spiro atoms. The molecule has 1 aliphatic rings. The fourth-order valence-corrected chi connectivity index (χ4v) is 2.03. The topological polar surface area (TPSA) is 45.2 Å². The molecule has 0 saturated carbocycles. The van der Waals surface area contributed by atoms with Crippen LogP contribution >= 0.6 is 0 Å². The predicted molar refractivity (Wildman–Crippen MR) is 63.2 cm³/mol. The number of carbonyl (C=O) groups is 1. The van der Waals surface area contributed by atoms with Crippen molar-refractivity contribution in [1.82, 2.24) is 10.3 Å². The summed E-state index contributed by atoms with van der Waals surface area (Å²) in [5.74, 6) is 0.310. The molecule has 4 nitrogen and oxygen atoms in total. The van der Waals surface area contributed by atoms with Crippen LogP contribution < -0.4 is 10.2 Å². The Morgan fingerprint density at radius 1 is 1.50 bits per heavy atom. The molecule has 1 atom stereocenters. The number of anilines is 1. The molecule has 0 aliphatic carbocycles. The molecule has 1 aromatic heterocycles. The second-order valence-electron chi connectivity index (χ2n) is 4.15. The highest BCUT2D eigenvalue weighted by molar-refractivity contribution is 5.94. The number of nitrogens with one attached hydrogen (secondary N) is 1. The number of hydrogen-bond acceptors (Lipinski definition) is 3. The molecule has 1 aromatic rings. The van der Waals surface area contributed by atoms with Crippen molar-refractivity contribution in [3.8, 4) is 0 Å². The molecule has 0 radical (unpaired) electrons. The van der Waals surface area contributed by atoms with E-state index in [1.165, 1.54) is 0 Å². The molecule has 4 heteroatoms. The van der Waals surface area contributed by atoms with Gasteiger partial charge in [-0.15, -0.1) is 0 Å². The second kappa shape index (κ2) is 5.07. The molecule has 0 bridgehead atoms.